The first kappa shape index (κ1) is 11.3. The third-order valence-electron chi connectivity index (χ3n) is 0.566. The Kier molecular flexibility index (Phi) is 10.5. The van der Waals surface area contributed by atoms with Crippen molar-refractivity contribution in [2.75, 3.05) is 0 Å². The quantitative estimate of drug-likeness (QED) is 0.490. The van der Waals surface area contributed by atoms with Crippen LogP contribution in [0.5, 0.6) is 0 Å². The first-order valence-electron chi connectivity index (χ1n) is 1.85. The zero-order valence-electron chi connectivity index (χ0n) is 4.74. The van der Waals surface area contributed by atoms with Crippen LogP contribution in [-0.4, -0.2) is 34.5 Å². The molecule has 1 heterocycles. The van der Waals surface area contributed by atoms with Crippen LogP contribution < -0.4 is 0 Å². The van der Waals surface area contributed by atoms with Crippen molar-refractivity contribution in [1.29, 1.82) is 0 Å². The number of halogens is 1. The number of hydrogen-bond acceptors (Lipinski definition) is 1. The van der Waals surface area contributed by atoms with Gasteiger partial charge in [-0.05, 0) is 12.1 Å². The number of aromatic nitrogens is 1. The molecular weight excluding hydrogens is 133 g/mol. The molecule has 0 aliphatic heterocycles. The van der Waals surface area contributed by atoms with Gasteiger partial charge in [0.25, 0.3) is 0 Å². The molecule has 0 aliphatic carbocycles. The topological polar surface area (TPSA) is 12.9 Å². The van der Waals surface area contributed by atoms with Crippen LogP contribution in [0.1, 0.15) is 0 Å². The average Bonchev–Trinajstić information content (AvgIpc) is 1.72. The van der Waals surface area contributed by atoms with E-state index in [4.69, 9.17) is 0 Å². The van der Waals surface area contributed by atoms with Gasteiger partial charge in [-0.3, -0.25) is 4.98 Å². The summed E-state index contributed by atoms with van der Waals surface area (Å²) in [5, 5.41) is 0. The zero-order chi connectivity index (χ0) is 4.24. The van der Waals surface area contributed by atoms with Gasteiger partial charge < -0.3 is 0 Å². The molecule has 3 heteroatoms. The minimum atomic E-state index is 0. The van der Waals surface area contributed by atoms with E-state index < -0.39 is 0 Å². The predicted octanol–water partition coefficient (Wildman–Crippen LogP) is 1.12. The van der Waals surface area contributed by atoms with Crippen molar-refractivity contribution in [3.63, 3.8) is 0 Å². The fourth-order valence-corrected chi connectivity index (χ4v) is 0.313. The van der Waals surface area contributed by atoms with Gasteiger partial charge in [-0.15, -0.1) is 12.4 Å². The summed E-state index contributed by atoms with van der Waals surface area (Å²) in [5.74, 6) is 0. The Morgan fingerprint density at radius 3 is 1.50 bits per heavy atom. The van der Waals surface area contributed by atoms with Crippen molar-refractivity contribution in [2.45, 2.75) is 0 Å². The van der Waals surface area contributed by atoms with E-state index in [1.54, 1.807) is 12.4 Å². The van der Waals surface area contributed by atoms with E-state index in [1.807, 2.05) is 18.2 Å². The third-order valence-corrected chi connectivity index (χ3v) is 0.566. The van der Waals surface area contributed by atoms with E-state index in [1.165, 1.54) is 0 Å². The van der Waals surface area contributed by atoms with Crippen LogP contribution in [0.3, 0.4) is 0 Å². The molecular formula is C5H6ClNNa. The molecule has 0 N–H and O–H groups in total. The summed E-state index contributed by atoms with van der Waals surface area (Å²) >= 11 is 0. The van der Waals surface area contributed by atoms with Gasteiger partial charge in [0.2, 0.25) is 0 Å². The van der Waals surface area contributed by atoms with E-state index in [0.29, 0.717) is 0 Å². The van der Waals surface area contributed by atoms with Gasteiger partial charge in [0.05, 0.1) is 0 Å². The second kappa shape index (κ2) is 7.44. The predicted molar refractivity (Wildman–Crippen MR) is 37.2 cm³/mol. The Morgan fingerprint density at radius 1 is 0.875 bits per heavy atom. The Hall–Kier alpha value is 0.440. The first-order chi connectivity index (χ1) is 3.00. The van der Waals surface area contributed by atoms with Gasteiger partial charge >= 0.3 is 0 Å². The molecule has 0 bridgehead atoms. The Bertz CT molecular complexity index is 84.4. The van der Waals surface area contributed by atoms with Gasteiger partial charge in [-0.1, -0.05) is 6.07 Å². The van der Waals surface area contributed by atoms with Crippen molar-refractivity contribution in [3.05, 3.63) is 30.6 Å². The van der Waals surface area contributed by atoms with Gasteiger partial charge in [0.1, 0.15) is 0 Å². The van der Waals surface area contributed by atoms with Gasteiger partial charge in [-0.25, -0.2) is 0 Å². The van der Waals surface area contributed by atoms with Crippen molar-refractivity contribution in [1.82, 2.24) is 4.98 Å². The summed E-state index contributed by atoms with van der Waals surface area (Å²) in [7, 11) is 0. The third kappa shape index (κ3) is 4.60. The minimum absolute atomic E-state index is 0. The maximum absolute atomic E-state index is 3.78. The van der Waals surface area contributed by atoms with Crippen molar-refractivity contribution in [2.24, 2.45) is 0 Å². The molecule has 1 aromatic rings. The Morgan fingerprint density at radius 2 is 1.38 bits per heavy atom. The number of rotatable bonds is 0. The summed E-state index contributed by atoms with van der Waals surface area (Å²) in [4.78, 5) is 3.78. The SMILES string of the molecule is Cl.[Na].c1ccncc1. The molecule has 1 aromatic heterocycles. The zero-order valence-corrected chi connectivity index (χ0v) is 7.56. The van der Waals surface area contributed by atoms with Crippen LogP contribution in [0.25, 0.3) is 0 Å². The molecule has 0 spiro atoms. The van der Waals surface area contributed by atoms with Crippen molar-refractivity contribution in [3.8, 4) is 0 Å². The normalized spacial score (nSPS) is 6.00. The maximum atomic E-state index is 3.78. The molecule has 0 saturated heterocycles. The molecule has 0 fully saturated rings. The van der Waals surface area contributed by atoms with E-state index in [-0.39, 0.29) is 42.0 Å². The summed E-state index contributed by atoms with van der Waals surface area (Å²) in [6, 6.07) is 5.72. The minimum Gasteiger partial charge on any atom is -0.265 e. The molecule has 0 aromatic carbocycles. The largest absolute Gasteiger partial charge is 0.265 e. The van der Waals surface area contributed by atoms with Crippen molar-refractivity contribution < 1.29 is 0 Å². The second-order valence-corrected chi connectivity index (χ2v) is 1.02. The smallest absolute Gasteiger partial charge is 0.0267 e. The Labute approximate surface area is 77.2 Å². The standard InChI is InChI=1S/C5H5N.ClH.Na/c1-2-4-6-5-3-1;;/h1-5H;1H;. The van der Waals surface area contributed by atoms with Crippen LogP contribution in [0.15, 0.2) is 30.6 Å². The summed E-state index contributed by atoms with van der Waals surface area (Å²) in [6.07, 6.45) is 3.50. The number of pyridine rings is 1. The van der Waals surface area contributed by atoms with Crippen LogP contribution in [0, 0.1) is 0 Å². The van der Waals surface area contributed by atoms with Crippen LogP contribution >= 0.6 is 12.4 Å². The fraction of sp³-hybridized carbons (Fsp3) is 0. The fourth-order valence-electron chi connectivity index (χ4n) is 0.313. The summed E-state index contributed by atoms with van der Waals surface area (Å²) < 4.78 is 0. The van der Waals surface area contributed by atoms with E-state index in [9.17, 15) is 0 Å². The molecule has 0 unspecified atom stereocenters. The van der Waals surface area contributed by atoms with E-state index in [2.05, 4.69) is 4.98 Å². The molecule has 0 atom stereocenters. The van der Waals surface area contributed by atoms with Gasteiger partial charge in [0, 0.05) is 42.0 Å². The second-order valence-electron chi connectivity index (χ2n) is 1.02. The monoisotopic (exact) mass is 138 g/mol. The van der Waals surface area contributed by atoms with Crippen molar-refractivity contribution >= 4 is 42.0 Å². The summed E-state index contributed by atoms with van der Waals surface area (Å²) in [5.41, 5.74) is 0. The van der Waals surface area contributed by atoms with Crippen LogP contribution in [0.4, 0.5) is 0 Å². The maximum Gasteiger partial charge on any atom is 0.0267 e. The average molecular weight is 139 g/mol. The van der Waals surface area contributed by atoms with E-state index in [0.717, 1.165) is 0 Å². The Balaban J connectivity index is 0. The number of hydrogen-bond donors (Lipinski definition) is 0. The van der Waals surface area contributed by atoms with Crippen LogP contribution in [-0.2, 0) is 0 Å². The van der Waals surface area contributed by atoms with Gasteiger partial charge in [-0.2, -0.15) is 0 Å². The molecule has 0 aliphatic rings. The first-order valence-corrected chi connectivity index (χ1v) is 1.85. The van der Waals surface area contributed by atoms with Gasteiger partial charge in [0.15, 0.2) is 0 Å². The van der Waals surface area contributed by atoms with E-state index >= 15 is 0 Å². The molecule has 1 rings (SSSR count). The molecule has 1 radical (unpaired) electrons. The molecule has 8 heavy (non-hydrogen) atoms. The summed E-state index contributed by atoms with van der Waals surface area (Å²) in [6.45, 7) is 0. The molecule has 0 saturated carbocycles. The molecule has 1 nitrogen and oxygen atoms in total. The molecule has 0 amide bonds. The number of nitrogens with zero attached hydrogens (tertiary/aromatic N) is 1. The van der Waals surface area contributed by atoms with Crippen LogP contribution in [0.2, 0.25) is 0 Å². The molecule has 39 valence electrons.